The van der Waals surface area contributed by atoms with E-state index in [-0.39, 0.29) is 5.38 Å². The molecule has 0 bridgehead atoms. The minimum absolute atomic E-state index is 0.197. The van der Waals surface area contributed by atoms with Crippen LogP contribution in [0.3, 0.4) is 0 Å². The fraction of sp³-hybridized carbons (Fsp3) is 0.286. The minimum atomic E-state index is -0.197. The normalized spacial score (nSPS) is 13.0. The number of benzene rings is 1. The van der Waals surface area contributed by atoms with Gasteiger partial charge in [0.25, 0.3) is 0 Å². The summed E-state index contributed by atoms with van der Waals surface area (Å²) in [6, 6.07) is 3.61. The molecule has 2 aromatic heterocycles. The second kappa shape index (κ2) is 5.87. The average molecular weight is 344 g/mol. The van der Waals surface area contributed by atoms with Gasteiger partial charge in [0.2, 0.25) is 0 Å². The summed E-state index contributed by atoms with van der Waals surface area (Å²) < 4.78 is 4.08. The van der Waals surface area contributed by atoms with Crippen molar-refractivity contribution in [2.45, 2.75) is 25.4 Å². The number of aryl methyl sites for hydroxylation is 2. The van der Waals surface area contributed by atoms with Crippen molar-refractivity contribution >= 4 is 45.8 Å². The summed E-state index contributed by atoms with van der Waals surface area (Å²) in [6.07, 6.45) is 5.47. The number of nitrogens with zero attached hydrogens (tertiary/aromatic N) is 4. The van der Waals surface area contributed by atoms with E-state index in [0.29, 0.717) is 10.0 Å². The molecule has 1 atom stereocenters. The highest BCUT2D eigenvalue weighted by molar-refractivity contribution is 6.42. The van der Waals surface area contributed by atoms with Gasteiger partial charge in [0.15, 0.2) is 0 Å². The molecule has 3 aromatic rings. The molecule has 0 amide bonds. The number of hydrogen-bond acceptors (Lipinski definition) is 2. The van der Waals surface area contributed by atoms with Crippen LogP contribution in [-0.4, -0.2) is 19.1 Å². The maximum atomic E-state index is 6.25. The lowest BCUT2D eigenvalue weighted by Gasteiger charge is -2.11. The summed E-state index contributed by atoms with van der Waals surface area (Å²) in [5.41, 5.74) is 1.74. The molecule has 3 rings (SSSR count). The Hall–Kier alpha value is -1.23. The first-order valence-electron chi connectivity index (χ1n) is 6.51. The molecule has 4 nitrogen and oxygen atoms in total. The smallest absolute Gasteiger partial charge is 0.127 e. The first-order valence-corrected chi connectivity index (χ1v) is 7.70. The van der Waals surface area contributed by atoms with Gasteiger partial charge in [0, 0.05) is 25.5 Å². The maximum Gasteiger partial charge on any atom is 0.127 e. The molecule has 0 spiro atoms. The number of fused-ring (bicyclic) bond motifs is 1. The van der Waals surface area contributed by atoms with Crippen LogP contribution in [0.4, 0.5) is 0 Å². The lowest BCUT2D eigenvalue weighted by Crippen LogP contribution is -2.09. The van der Waals surface area contributed by atoms with Crippen LogP contribution in [0.2, 0.25) is 10.0 Å². The molecule has 0 N–H and O–H groups in total. The highest BCUT2D eigenvalue weighted by Gasteiger charge is 2.16. The maximum absolute atomic E-state index is 6.25. The molecule has 0 radical (unpaired) electrons. The van der Waals surface area contributed by atoms with Crippen molar-refractivity contribution in [1.82, 2.24) is 19.1 Å². The molecule has 0 fully saturated rings. The highest BCUT2D eigenvalue weighted by atomic mass is 35.5. The van der Waals surface area contributed by atoms with E-state index in [1.54, 1.807) is 18.6 Å². The number of hydrogen-bond donors (Lipinski definition) is 0. The summed E-state index contributed by atoms with van der Waals surface area (Å²) in [7, 11) is 0. The van der Waals surface area contributed by atoms with Crippen molar-refractivity contribution in [1.29, 1.82) is 0 Å². The minimum Gasteiger partial charge on any atom is -0.336 e. The molecule has 0 aliphatic heterocycles. The highest BCUT2D eigenvalue weighted by Crippen LogP contribution is 2.31. The summed E-state index contributed by atoms with van der Waals surface area (Å²) in [6.45, 7) is 3.42. The Morgan fingerprint density at radius 3 is 2.62 bits per heavy atom. The third-order valence-electron chi connectivity index (χ3n) is 3.32. The zero-order valence-corrected chi connectivity index (χ0v) is 13.6. The van der Waals surface area contributed by atoms with Crippen LogP contribution < -0.4 is 0 Å². The van der Waals surface area contributed by atoms with Gasteiger partial charge >= 0.3 is 0 Å². The lowest BCUT2D eigenvalue weighted by molar-refractivity contribution is 0.569. The Balaban J connectivity index is 2.04. The van der Waals surface area contributed by atoms with Crippen molar-refractivity contribution < 1.29 is 0 Å². The second-order valence-corrected chi connectivity index (χ2v) is 6.26. The lowest BCUT2D eigenvalue weighted by atomic mass is 10.3. The molecule has 1 aromatic carbocycles. The fourth-order valence-electron chi connectivity index (χ4n) is 2.31. The predicted octanol–water partition coefficient (Wildman–Crippen LogP) is 4.54. The van der Waals surface area contributed by atoms with E-state index in [0.717, 1.165) is 29.9 Å². The van der Waals surface area contributed by atoms with Crippen LogP contribution in [0.5, 0.6) is 0 Å². The van der Waals surface area contributed by atoms with Crippen LogP contribution in [0.15, 0.2) is 30.9 Å². The van der Waals surface area contributed by atoms with Crippen LogP contribution in [0.25, 0.3) is 11.0 Å². The van der Waals surface area contributed by atoms with E-state index in [1.165, 1.54) is 0 Å². The zero-order chi connectivity index (χ0) is 15.0. The quantitative estimate of drug-likeness (QED) is 0.652. The Morgan fingerprint density at radius 2 is 1.95 bits per heavy atom. The molecule has 7 heteroatoms. The summed E-state index contributed by atoms with van der Waals surface area (Å²) >= 11 is 18.4. The van der Waals surface area contributed by atoms with Gasteiger partial charge in [-0.3, -0.25) is 0 Å². The topological polar surface area (TPSA) is 35.6 Å². The largest absolute Gasteiger partial charge is 0.336 e. The van der Waals surface area contributed by atoms with Crippen molar-refractivity contribution in [2.75, 3.05) is 0 Å². The van der Waals surface area contributed by atoms with Crippen molar-refractivity contribution in [3.8, 4) is 0 Å². The number of halogens is 3. The van der Waals surface area contributed by atoms with Gasteiger partial charge in [0.1, 0.15) is 5.82 Å². The third-order valence-corrected chi connectivity index (χ3v) is 4.23. The fourth-order valence-corrected chi connectivity index (χ4v) is 2.79. The van der Waals surface area contributed by atoms with Crippen LogP contribution >= 0.6 is 34.8 Å². The zero-order valence-electron chi connectivity index (χ0n) is 11.3. The van der Waals surface area contributed by atoms with Gasteiger partial charge in [-0.2, -0.15) is 0 Å². The van der Waals surface area contributed by atoms with Gasteiger partial charge in [-0.05, 0) is 19.1 Å². The molecule has 2 heterocycles. The molecule has 1 unspecified atom stereocenters. The monoisotopic (exact) mass is 342 g/mol. The van der Waals surface area contributed by atoms with Crippen molar-refractivity contribution in [3.63, 3.8) is 0 Å². The number of alkyl halides is 1. The average Bonchev–Trinajstić information content (AvgIpc) is 3.05. The Kier molecular flexibility index (Phi) is 4.11. The first-order chi connectivity index (χ1) is 10.1. The summed E-state index contributed by atoms with van der Waals surface area (Å²) in [5, 5.41) is 0.816. The van der Waals surface area contributed by atoms with E-state index in [1.807, 2.05) is 23.8 Å². The molecule has 110 valence electrons. The molecule has 0 saturated heterocycles. The van der Waals surface area contributed by atoms with Crippen LogP contribution in [0, 0.1) is 0 Å². The van der Waals surface area contributed by atoms with Gasteiger partial charge in [-0.25, -0.2) is 9.97 Å². The number of imidazole rings is 2. The molecule has 21 heavy (non-hydrogen) atoms. The van der Waals surface area contributed by atoms with E-state index in [4.69, 9.17) is 34.8 Å². The summed E-state index contributed by atoms with van der Waals surface area (Å²) in [4.78, 5) is 8.62. The molecule has 0 aliphatic carbocycles. The molecule has 0 saturated carbocycles. The first kappa shape index (κ1) is 14.7. The third kappa shape index (κ3) is 2.89. The molecular formula is C14H13Cl3N4. The van der Waals surface area contributed by atoms with E-state index >= 15 is 0 Å². The standard InChI is InChI=1S/C14H13Cl3N4/c1-9(15)14-19-12-6-10(16)11(17)7-13(12)21(14)5-4-20-3-2-18-8-20/h2-3,6-9H,4-5H2,1H3. The van der Waals surface area contributed by atoms with Crippen LogP contribution in [0.1, 0.15) is 18.1 Å². The van der Waals surface area contributed by atoms with Gasteiger partial charge in [-0.15, -0.1) is 11.6 Å². The summed E-state index contributed by atoms with van der Waals surface area (Å²) in [5.74, 6) is 0.810. The Labute approximate surface area is 137 Å². The predicted molar refractivity (Wildman–Crippen MR) is 86.2 cm³/mol. The molecule has 0 aliphatic rings. The van der Waals surface area contributed by atoms with Crippen molar-refractivity contribution in [2.24, 2.45) is 0 Å². The Morgan fingerprint density at radius 1 is 1.19 bits per heavy atom. The van der Waals surface area contributed by atoms with Gasteiger partial charge in [-0.1, -0.05) is 23.2 Å². The second-order valence-electron chi connectivity index (χ2n) is 4.79. The van der Waals surface area contributed by atoms with E-state index in [2.05, 4.69) is 14.5 Å². The van der Waals surface area contributed by atoms with Gasteiger partial charge in [0.05, 0.1) is 32.8 Å². The number of rotatable bonds is 4. The number of aromatic nitrogens is 4. The van der Waals surface area contributed by atoms with E-state index in [9.17, 15) is 0 Å². The van der Waals surface area contributed by atoms with E-state index < -0.39 is 0 Å². The van der Waals surface area contributed by atoms with Crippen LogP contribution in [-0.2, 0) is 13.1 Å². The van der Waals surface area contributed by atoms with Gasteiger partial charge < -0.3 is 9.13 Å². The van der Waals surface area contributed by atoms with Crippen molar-refractivity contribution in [3.05, 3.63) is 46.7 Å². The SMILES string of the molecule is CC(Cl)c1nc2cc(Cl)c(Cl)cc2n1CCn1ccnc1. The molecular weight excluding hydrogens is 331 g/mol. The Bertz CT molecular complexity index is 762.